The number of imidazole rings is 1. The van der Waals surface area contributed by atoms with Gasteiger partial charge in [0.1, 0.15) is 17.1 Å². The Balaban J connectivity index is 2.19. The standard InChI is InChI=1S/C16H19FN2O2/c1-4-21-15(20)16(7-8-16)14-18-12-6-5-11(17)9-13(12)19(14)10(2)3/h5-6,9-10H,4,7-8H2,1-3H3. The summed E-state index contributed by atoms with van der Waals surface area (Å²) < 4.78 is 20.7. The molecule has 1 aromatic heterocycles. The van der Waals surface area contributed by atoms with Crippen LogP contribution in [0.1, 0.15) is 45.5 Å². The maximum absolute atomic E-state index is 13.5. The fraction of sp³-hybridized carbons (Fsp3) is 0.500. The quantitative estimate of drug-likeness (QED) is 0.811. The number of hydrogen-bond donors (Lipinski definition) is 0. The van der Waals surface area contributed by atoms with Crippen LogP contribution in [-0.2, 0) is 14.9 Å². The molecule has 1 fully saturated rings. The molecule has 0 spiro atoms. The minimum Gasteiger partial charge on any atom is -0.465 e. The van der Waals surface area contributed by atoms with Gasteiger partial charge in [0, 0.05) is 6.04 Å². The molecule has 0 N–H and O–H groups in total. The van der Waals surface area contributed by atoms with Crippen LogP contribution in [0.4, 0.5) is 4.39 Å². The predicted octanol–water partition coefficient (Wildman–Crippen LogP) is 3.35. The minimum absolute atomic E-state index is 0.0960. The van der Waals surface area contributed by atoms with Crippen LogP contribution in [0, 0.1) is 5.82 Å². The molecule has 1 saturated carbocycles. The average Bonchev–Trinajstić information content (AvgIpc) is 3.14. The molecular weight excluding hydrogens is 271 g/mol. The van der Waals surface area contributed by atoms with Crippen molar-refractivity contribution in [2.45, 2.75) is 45.1 Å². The van der Waals surface area contributed by atoms with Crippen molar-refractivity contribution in [1.82, 2.24) is 9.55 Å². The van der Waals surface area contributed by atoms with Crippen LogP contribution >= 0.6 is 0 Å². The summed E-state index contributed by atoms with van der Waals surface area (Å²) >= 11 is 0. The van der Waals surface area contributed by atoms with Crippen LogP contribution in [0.2, 0.25) is 0 Å². The van der Waals surface area contributed by atoms with Crippen molar-refractivity contribution >= 4 is 17.0 Å². The second kappa shape index (κ2) is 4.83. The van der Waals surface area contributed by atoms with Gasteiger partial charge in [-0.2, -0.15) is 0 Å². The number of benzene rings is 1. The molecule has 1 aliphatic carbocycles. The highest BCUT2D eigenvalue weighted by molar-refractivity contribution is 5.87. The van der Waals surface area contributed by atoms with Crippen molar-refractivity contribution in [1.29, 1.82) is 0 Å². The van der Waals surface area contributed by atoms with Gasteiger partial charge in [0.2, 0.25) is 0 Å². The second-order valence-corrected chi connectivity index (χ2v) is 5.83. The summed E-state index contributed by atoms with van der Waals surface area (Å²) in [6.45, 7) is 6.18. The van der Waals surface area contributed by atoms with Gasteiger partial charge >= 0.3 is 5.97 Å². The Kier molecular flexibility index (Phi) is 3.23. The molecule has 0 atom stereocenters. The molecule has 0 unspecified atom stereocenters. The van der Waals surface area contributed by atoms with Crippen molar-refractivity contribution in [3.8, 4) is 0 Å². The summed E-state index contributed by atoms with van der Waals surface area (Å²) in [6.07, 6.45) is 1.48. The highest BCUT2D eigenvalue weighted by Gasteiger charge is 2.56. The van der Waals surface area contributed by atoms with Crippen molar-refractivity contribution < 1.29 is 13.9 Å². The number of carbonyl (C=O) groups is 1. The van der Waals surface area contributed by atoms with Crippen LogP contribution in [0.3, 0.4) is 0 Å². The summed E-state index contributed by atoms with van der Waals surface area (Å²) in [4.78, 5) is 16.9. The van der Waals surface area contributed by atoms with E-state index in [0.717, 1.165) is 23.9 Å². The number of ether oxygens (including phenoxy) is 1. The number of halogens is 1. The lowest BCUT2D eigenvalue weighted by molar-refractivity contribution is -0.146. The van der Waals surface area contributed by atoms with Crippen molar-refractivity contribution in [2.24, 2.45) is 0 Å². The van der Waals surface area contributed by atoms with E-state index >= 15 is 0 Å². The van der Waals surface area contributed by atoms with Gasteiger partial charge in [0.05, 0.1) is 17.6 Å². The Morgan fingerprint density at radius 3 is 2.76 bits per heavy atom. The van der Waals surface area contributed by atoms with E-state index in [1.54, 1.807) is 13.0 Å². The first kappa shape index (κ1) is 14.0. The Bertz CT molecular complexity index is 702. The third kappa shape index (κ3) is 2.11. The normalized spacial score (nSPS) is 16.4. The van der Waals surface area contributed by atoms with Crippen molar-refractivity contribution in [3.63, 3.8) is 0 Å². The predicted molar refractivity (Wildman–Crippen MR) is 77.6 cm³/mol. The number of hydrogen-bond acceptors (Lipinski definition) is 3. The summed E-state index contributed by atoms with van der Waals surface area (Å²) in [7, 11) is 0. The highest BCUT2D eigenvalue weighted by Crippen LogP contribution is 2.50. The molecule has 0 bridgehead atoms. The zero-order chi connectivity index (χ0) is 15.2. The van der Waals surface area contributed by atoms with Gasteiger partial charge in [-0.1, -0.05) is 0 Å². The molecular formula is C16H19FN2O2. The highest BCUT2D eigenvalue weighted by atomic mass is 19.1. The van der Waals surface area contributed by atoms with Crippen LogP contribution < -0.4 is 0 Å². The molecule has 3 rings (SSSR count). The van der Waals surface area contributed by atoms with E-state index in [-0.39, 0.29) is 17.8 Å². The number of esters is 1. The van der Waals surface area contributed by atoms with Gasteiger partial charge in [0.25, 0.3) is 0 Å². The first-order chi connectivity index (χ1) is 9.99. The number of fused-ring (bicyclic) bond motifs is 1. The third-order valence-corrected chi connectivity index (χ3v) is 4.01. The fourth-order valence-electron chi connectivity index (χ4n) is 2.84. The van der Waals surface area contributed by atoms with Crippen LogP contribution in [0.15, 0.2) is 18.2 Å². The number of carbonyl (C=O) groups excluding carboxylic acids is 1. The molecule has 0 amide bonds. The van der Waals surface area contributed by atoms with E-state index in [2.05, 4.69) is 4.98 Å². The number of rotatable bonds is 4. The molecule has 1 aromatic carbocycles. The van der Waals surface area contributed by atoms with Gasteiger partial charge in [-0.3, -0.25) is 4.79 Å². The van der Waals surface area contributed by atoms with E-state index in [0.29, 0.717) is 12.4 Å². The van der Waals surface area contributed by atoms with Crippen LogP contribution in [0.5, 0.6) is 0 Å². The molecule has 4 nitrogen and oxygen atoms in total. The Hall–Kier alpha value is -1.91. The first-order valence-corrected chi connectivity index (χ1v) is 7.35. The molecule has 0 radical (unpaired) electrons. The molecule has 112 valence electrons. The van der Waals surface area contributed by atoms with Gasteiger partial charge in [-0.25, -0.2) is 9.37 Å². The summed E-state index contributed by atoms with van der Waals surface area (Å²) in [6, 6.07) is 4.63. The van der Waals surface area contributed by atoms with Crippen molar-refractivity contribution in [3.05, 3.63) is 29.8 Å². The van der Waals surface area contributed by atoms with E-state index in [1.165, 1.54) is 12.1 Å². The smallest absolute Gasteiger partial charge is 0.319 e. The molecule has 5 heteroatoms. The Morgan fingerprint density at radius 2 is 2.19 bits per heavy atom. The van der Waals surface area contributed by atoms with Gasteiger partial charge in [-0.05, 0) is 51.8 Å². The Morgan fingerprint density at radius 1 is 1.48 bits per heavy atom. The lowest BCUT2D eigenvalue weighted by atomic mass is 10.1. The zero-order valence-electron chi connectivity index (χ0n) is 12.5. The largest absolute Gasteiger partial charge is 0.465 e. The van der Waals surface area contributed by atoms with Gasteiger partial charge < -0.3 is 9.30 Å². The third-order valence-electron chi connectivity index (χ3n) is 4.01. The lowest BCUT2D eigenvalue weighted by Gasteiger charge is -2.18. The zero-order valence-corrected chi connectivity index (χ0v) is 12.5. The van der Waals surface area contributed by atoms with E-state index in [9.17, 15) is 9.18 Å². The summed E-state index contributed by atoms with van der Waals surface area (Å²) in [5.74, 6) is 0.191. The molecule has 0 saturated heterocycles. The maximum atomic E-state index is 13.5. The van der Waals surface area contributed by atoms with E-state index in [1.807, 2.05) is 18.4 Å². The van der Waals surface area contributed by atoms with Gasteiger partial charge in [-0.15, -0.1) is 0 Å². The molecule has 1 aliphatic rings. The number of aromatic nitrogens is 2. The minimum atomic E-state index is -0.643. The molecule has 1 heterocycles. The first-order valence-electron chi connectivity index (χ1n) is 7.35. The number of nitrogens with zero attached hydrogens (tertiary/aromatic N) is 2. The lowest BCUT2D eigenvalue weighted by Crippen LogP contribution is -2.27. The van der Waals surface area contributed by atoms with Gasteiger partial charge in [0.15, 0.2) is 0 Å². The van der Waals surface area contributed by atoms with Crippen LogP contribution in [-0.4, -0.2) is 22.1 Å². The molecule has 21 heavy (non-hydrogen) atoms. The average molecular weight is 290 g/mol. The van der Waals surface area contributed by atoms with E-state index < -0.39 is 5.41 Å². The second-order valence-electron chi connectivity index (χ2n) is 5.83. The monoisotopic (exact) mass is 290 g/mol. The maximum Gasteiger partial charge on any atom is 0.319 e. The summed E-state index contributed by atoms with van der Waals surface area (Å²) in [5.41, 5.74) is 0.807. The summed E-state index contributed by atoms with van der Waals surface area (Å²) in [5, 5.41) is 0. The van der Waals surface area contributed by atoms with Crippen molar-refractivity contribution in [2.75, 3.05) is 6.61 Å². The SMILES string of the molecule is CCOC(=O)C1(c2nc3ccc(F)cc3n2C(C)C)CC1. The Labute approximate surface area is 122 Å². The molecule has 0 aliphatic heterocycles. The van der Waals surface area contributed by atoms with E-state index in [4.69, 9.17) is 4.74 Å². The van der Waals surface area contributed by atoms with Crippen LogP contribution in [0.25, 0.3) is 11.0 Å². The molecule has 2 aromatic rings. The fourth-order valence-corrected chi connectivity index (χ4v) is 2.84. The topological polar surface area (TPSA) is 44.1 Å².